The van der Waals surface area contributed by atoms with E-state index < -0.39 is 28.5 Å². The van der Waals surface area contributed by atoms with Gasteiger partial charge in [0.2, 0.25) is 11.8 Å². The lowest BCUT2D eigenvalue weighted by Gasteiger charge is -2.32. The van der Waals surface area contributed by atoms with E-state index in [-0.39, 0.29) is 17.3 Å². The van der Waals surface area contributed by atoms with Crippen LogP contribution in [0.25, 0.3) is 0 Å². The fourth-order valence-corrected chi connectivity index (χ4v) is 5.54. The Morgan fingerprint density at radius 2 is 1.45 bits per heavy atom. The van der Waals surface area contributed by atoms with E-state index >= 15 is 0 Å². The van der Waals surface area contributed by atoms with Gasteiger partial charge >= 0.3 is 0 Å². The van der Waals surface area contributed by atoms with Crippen LogP contribution in [0.5, 0.6) is 0 Å². The molecule has 0 aliphatic heterocycles. The number of rotatable bonds is 11. The number of nitrogens with zero attached hydrogens (tertiary/aromatic N) is 2. The van der Waals surface area contributed by atoms with E-state index in [2.05, 4.69) is 5.32 Å². The molecule has 0 aromatic heterocycles. The summed E-state index contributed by atoms with van der Waals surface area (Å²) < 4.78 is 28.9. The van der Waals surface area contributed by atoms with Crippen LogP contribution in [-0.4, -0.2) is 44.3 Å². The Morgan fingerprint density at radius 1 is 0.868 bits per heavy atom. The first-order chi connectivity index (χ1) is 18.0. The van der Waals surface area contributed by atoms with Crippen LogP contribution < -0.4 is 9.62 Å². The molecular weight excluding hydrogens is 498 g/mol. The number of aryl methyl sites for hydroxylation is 3. The molecule has 0 aliphatic rings. The lowest BCUT2D eigenvalue weighted by Crippen LogP contribution is -2.51. The standard InChI is InChI=1S/C30H37N3O4S/c1-6-19-31-30(35)25(5)32(20-26-15-11-22(2)12-16-26)29(34)21-33(28-10-8-7-9-24(28)4)38(36,37)27-17-13-23(3)14-18-27/h7-18,25H,6,19-21H2,1-5H3,(H,31,35)/t25-/m1/s1. The van der Waals surface area contributed by atoms with Crippen LogP contribution in [0.1, 0.15) is 42.5 Å². The summed E-state index contributed by atoms with van der Waals surface area (Å²) >= 11 is 0. The predicted molar refractivity (Wildman–Crippen MR) is 151 cm³/mol. The molecule has 3 aromatic carbocycles. The molecule has 0 saturated carbocycles. The summed E-state index contributed by atoms with van der Waals surface area (Å²) in [7, 11) is -4.08. The lowest BCUT2D eigenvalue weighted by molar-refractivity contribution is -0.139. The zero-order chi connectivity index (χ0) is 27.9. The normalized spacial score (nSPS) is 12.0. The number of anilines is 1. The van der Waals surface area contributed by atoms with Crippen molar-refractivity contribution in [3.8, 4) is 0 Å². The van der Waals surface area contributed by atoms with Crippen LogP contribution >= 0.6 is 0 Å². The third-order valence-electron chi connectivity index (χ3n) is 6.46. The molecule has 0 radical (unpaired) electrons. The smallest absolute Gasteiger partial charge is 0.264 e. The van der Waals surface area contributed by atoms with Gasteiger partial charge in [-0.15, -0.1) is 0 Å². The summed E-state index contributed by atoms with van der Waals surface area (Å²) in [6.07, 6.45) is 0.764. The number of sulfonamides is 1. The highest BCUT2D eigenvalue weighted by Gasteiger charge is 2.33. The predicted octanol–water partition coefficient (Wildman–Crippen LogP) is 4.75. The number of nitrogens with one attached hydrogen (secondary N) is 1. The number of benzene rings is 3. The molecule has 0 heterocycles. The first-order valence-electron chi connectivity index (χ1n) is 12.8. The molecule has 8 heteroatoms. The maximum absolute atomic E-state index is 13.9. The minimum Gasteiger partial charge on any atom is -0.354 e. The molecule has 0 aliphatic carbocycles. The van der Waals surface area contributed by atoms with E-state index in [1.807, 2.05) is 64.1 Å². The molecule has 0 saturated heterocycles. The quantitative estimate of drug-likeness (QED) is 0.384. The van der Waals surface area contributed by atoms with Crippen molar-refractivity contribution in [2.45, 2.75) is 58.5 Å². The summed E-state index contributed by atoms with van der Waals surface area (Å²) in [6, 6.07) is 20.5. The van der Waals surface area contributed by atoms with Crippen molar-refractivity contribution in [3.63, 3.8) is 0 Å². The molecule has 0 fully saturated rings. The van der Waals surface area contributed by atoms with Gasteiger partial charge < -0.3 is 10.2 Å². The molecular formula is C30H37N3O4S. The lowest BCUT2D eigenvalue weighted by atomic mass is 10.1. The number of carbonyl (C=O) groups excluding carboxylic acids is 2. The molecule has 3 aromatic rings. The monoisotopic (exact) mass is 535 g/mol. The van der Waals surface area contributed by atoms with Gasteiger partial charge in [0.1, 0.15) is 12.6 Å². The first-order valence-corrected chi connectivity index (χ1v) is 14.3. The summed E-state index contributed by atoms with van der Waals surface area (Å²) in [5.41, 5.74) is 3.99. The summed E-state index contributed by atoms with van der Waals surface area (Å²) in [4.78, 5) is 28.4. The van der Waals surface area contributed by atoms with Crippen LogP contribution in [0.2, 0.25) is 0 Å². The Morgan fingerprint density at radius 3 is 2.03 bits per heavy atom. The topological polar surface area (TPSA) is 86.8 Å². The van der Waals surface area contributed by atoms with E-state index in [0.717, 1.165) is 33.0 Å². The maximum atomic E-state index is 13.9. The largest absolute Gasteiger partial charge is 0.354 e. The number of carbonyl (C=O) groups is 2. The van der Waals surface area contributed by atoms with Crippen LogP contribution in [0.15, 0.2) is 77.7 Å². The molecule has 2 amide bonds. The van der Waals surface area contributed by atoms with E-state index in [9.17, 15) is 18.0 Å². The minimum atomic E-state index is -4.08. The van der Waals surface area contributed by atoms with Crippen molar-refractivity contribution in [1.82, 2.24) is 10.2 Å². The Kier molecular flexibility index (Phi) is 9.69. The number of para-hydroxylation sites is 1. The van der Waals surface area contributed by atoms with Crippen molar-refractivity contribution >= 4 is 27.5 Å². The molecule has 0 unspecified atom stereocenters. The van der Waals surface area contributed by atoms with Crippen molar-refractivity contribution in [2.75, 3.05) is 17.4 Å². The second-order valence-corrected chi connectivity index (χ2v) is 11.4. The van der Waals surface area contributed by atoms with E-state index in [4.69, 9.17) is 0 Å². The van der Waals surface area contributed by atoms with Crippen molar-refractivity contribution in [2.24, 2.45) is 0 Å². The van der Waals surface area contributed by atoms with E-state index in [1.54, 1.807) is 43.3 Å². The van der Waals surface area contributed by atoms with Crippen molar-refractivity contribution < 1.29 is 18.0 Å². The molecule has 7 nitrogen and oxygen atoms in total. The van der Waals surface area contributed by atoms with Gasteiger partial charge in [0.25, 0.3) is 10.0 Å². The zero-order valence-corrected chi connectivity index (χ0v) is 23.6. The average molecular weight is 536 g/mol. The van der Waals surface area contributed by atoms with Gasteiger partial charge in [0.15, 0.2) is 0 Å². The number of amides is 2. The molecule has 0 bridgehead atoms. The third-order valence-corrected chi connectivity index (χ3v) is 8.24. The third kappa shape index (κ3) is 7.01. The average Bonchev–Trinajstić information content (AvgIpc) is 2.90. The van der Waals surface area contributed by atoms with Gasteiger partial charge in [-0.25, -0.2) is 8.42 Å². The Balaban J connectivity index is 2.02. The molecule has 3 rings (SSSR count). The molecule has 202 valence electrons. The minimum absolute atomic E-state index is 0.0953. The Bertz CT molecular complexity index is 1350. The van der Waals surface area contributed by atoms with E-state index in [0.29, 0.717) is 12.2 Å². The second-order valence-electron chi connectivity index (χ2n) is 9.59. The van der Waals surface area contributed by atoms with Gasteiger partial charge in [-0.3, -0.25) is 13.9 Å². The summed E-state index contributed by atoms with van der Waals surface area (Å²) in [6.45, 7) is 9.51. The number of hydrogen-bond donors (Lipinski definition) is 1. The van der Waals surface area contributed by atoms with E-state index in [1.165, 1.54) is 4.90 Å². The summed E-state index contributed by atoms with van der Waals surface area (Å²) in [5, 5.41) is 2.85. The highest BCUT2D eigenvalue weighted by atomic mass is 32.2. The molecule has 1 N–H and O–H groups in total. The highest BCUT2D eigenvalue weighted by molar-refractivity contribution is 7.92. The molecule has 1 atom stereocenters. The first kappa shape index (κ1) is 28.9. The molecule has 38 heavy (non-hydrogen) atoms. The van der Waals surface area contributed by atoms with Gasteiger partial charge in [-0.2, -0.15) is 0 Å². The summed E-state index contributed by atoms with van der Waals surface area (Å²) in [5.74, 6) is -0.750. The van der Waals surface area contributed by atoms with Crippen molar-refractivity contribution in [3.05, 3.63) is 95.1 Å². The number of hydrogen-bond acceptors (Lipinski definition) is 4. The van der Waals surface area contributed by atoms with Gasteiger partial charge in [0, 0.05) is 13.1 Å². The van der Waals surface area contributed by atoms with Crippen LogP contribution in [0.3, 0.4) is 0 Å². The van der Waals surface area contributed by atoms with Gasteiger partial charge in [-0.05, 0) is 63.4 Å². The maximum Gasteiger partial charge on any atom is 0.264 e. The van der Waals surface area contributed by atoms with Crippen LogP contribution in [-0.2, 0) is 26.2 Å². The zero-order valence-electron chi connectivity index (χ0n) is 22.8. The van der Waals surface area contributed by atoms with Crippen LogP contribution in [0, 0.1) is 20.8 Å². The fraction of sp³-hybridized carbons (Fsp3) is 0.333. The fourth-order valence-electron chi connectivity index (χ4n) is 4.06. The SMILES string of the molecule is CCCNC(=O)[C@@H](C)N(Cc1ccc(C)cc1)C(=O)CN(c1ccccc1C)S(=O)(=O)c1ccc(C)cc1. The van der Waals surface area contributed by atoms with Crippen molar-refractivity contribution in [1.29, 1.82) is 0 Å². The van der Waals surface area contributed by atoms with Gasteiger partial charge in [-0.1, -0.05) is 72.6 Å². The molecule has 0 spiro atoms. The Labute approximate surface area is 226 Å². The Hall–Kier alpha value is -3.65. The van der Waals surface area contributed by atoms with Crippen LogP contribution in [0.4, 0.5) is 5.69 Å². The van der Waals surface area contributed by atoms with Gasteiger partial charge in [0.05, 0.1) is 10.6 Å². The highest BCUT2D eigenvalue weighted by Crippen LogP contribution is 2.27. The second kappa shape index (κ2) is 12.7.